The number of sulfone groups is 1. The molecule has 0 aliphatic heterocycles. The molecule has 0 unspecified atom stereocenters. The molecule has 1 fully saturated rings. The molecule has 0 amide bonds. The van der Waals surface area contributed by atoms with Crippen molar-refractivity contribution < 1.29 is 17.2 Å². The highest BCUT2D eigenvalue weighted by molar-refractivity contribution is 7.90. The summed E-state index contributed by atoms with van der Waals surface area (Å²) in [6.07, 6.45) is -0.0434. The van der Waals surface area contributed by atoms with Gasteiger partial charge in [0.25, 0.3) is 5.92 Å². The first kappa shape index (κ1) is 13.1. The first-order valence-electron chi connectivity index (χ1n) is 3.46. The quantitative estimate of drug-likeness (QED) is 0.762. The van der Waals surface area contributed by atoms with Crippen LogP contribution in [0.2, 0.25) is 0 Å². The van der Waals surface area contributed by atoms with Crippen molar-refractivity contribution in [2.24, 2.45) is 5.73 Å². The summed E-state index contributed by atoms with van der Waals surface area (Å²) in [7, 11) is -3.25. The fourth-order valence-corrected chi connectivity index (χ4v) is 2.85. The molecule has 0 aromatic rings. The van der Waals surface area contributed by atoms with E-state index in [4.69, 9.17) is 5.73 Å². The van der Waals surface area contributed by atoms with E-state index >= 15 is 0 Å². The molecule has 1 aliphatic carbocycles. The van der Waals surface area contributed by atoms with Gasteiger partial charge in [0.15, 0.2) is 0 Å². The minimum Gasteiger partial charge on any atom is -0.324 e. The predicted molar refractivity (Wildman–Crippen MR) is 48.1 cm³/mol. The first-order valence-corrected chi connectivity index (χ1v) is 5.53. The largest absolute Gasteiger partial charge is 0.324 e. The Labute approximate surface area is 82.0 Å². The molecule has 7 heteroatoms. The standard InChI is InChI=1S/C6H11F2NO2S.ClH/c1-12(10,11)4-5(9)2-6(7,8)3-5;/h2-4,9H2,1H3;1H. The van der Waals surface area contributed by atoms with Crippen LogP contribution in [0, 0.1) is 0 Å². The van der Waals surface area contributed by atoms with Crippen molar-refractivity contribution in [3.8, 4) is 0 Å². The number of hydrogen-bond acceptors (Lipinski definition) is 3. The summed E-state index contributed by atoms with van der Waals surface area (Å²) in [5, 5.41) is 0. The van der Waals surface area contributed by atoms with Gasteiger partial charge >= 0.3 is 0 Å². The molecule has 80 valence electrons. The van der Waals surface area contributed by atoms with E-state index in [0.717, 1.165) is 6.26 Å². The van der Waals surface area contributed by atoms with Gasteiger partial charge in [-0.25, -0.2) is 17.2 Å². The van der Waals surface area contributed by atoms with Gasteiger partial charge in [-0.15, -0.1) is 12.4 Å². The third kappa shape index (κ3) is 3.74. The molecule has 1 aliphatic rings. The third-order valence-corrected chi connectivity index (χ3v) is 2.87. The molecule has 1 saturated carbocycles. The third-order valence-electron chi connectivity index (χ3n) is 1.77. The van der Waals surface area contributed by atoms with Crippen molar-refractivity contribution in [3.63, 3.8) is 0 Å². The summed E-state index contributed by atoms with van der Waals surface area (Å²) in [6.45, 7) is 0. The van der Waals surface area contributed by atoms with Crippen LogP contribution in [0.4, 0.5) is 8.78 Å². The lowest BCUT2D eigenvalue weighted by Crippen LogP contribution is -2.61. The molecule has 1 rings (SSSR count). The molecule has 0 aromatic heterocycles. The molecule has 0 heterocycles. The van der Waals surface area contributed by atoms with E-state index in [1.807, 2.05) is 0 Å². The van der Waals surface area contributed by atoms with E-state index in [-0.39, 0.29) is 18.2 Å². The highest BCUT2D eigenvalue weighted by atomic mass is 35.5. The van der Waals surface area contributed by atoms with Crippen LogP contribution < -0.4 is 5.73 Å². The highest BCUT2D eigenvalue weighted by Crippen LogP contribution is 2.44. The minimum atomic E-state index is -3.25. The summed E-state index contributed by atoms with van der Waals surface area (Å²) in [6, 6.07) is 0. The van der Waals surface area contributed by atoms with E-state index in [9.17, 15) is 17.2 Å². The molecular formula is C6H12ClF2NO2S. The average Bonchev–Trinajstić information content (AvgIpc) is 1.48. The van der Waals surface area contributed by atoms with Crippen LogP contribution in [0.25, 0.3) is 0 Å². The Morgan fingerprint density at radius 2 is 1.77 bits per heavy atom. The van der Waals surface area contributed by atoms with E-state index in [0.29, 0.717) is 0 Å². The van der Waals surface area contributed by atoms with Crippen molar-refractivity contribution in [1.29, 1.82) is 0 Å². The molecule has 0 bridgehead atoms. The zero-order valence-corrected chi connectivity index (χ0v) is 8.72. The van der Waals surface area contributed by atoms with Gasteiger partial charge in [-0.3, -0.25) is 0 Å². The van der Waals surface area contributed by atoms with Crippen LogP contribution in [0.5, 0.6) is 0 Å². The second-order valence-corrected chi connectivity index (χ2v) is 5.78. The minimum absolute atomic E-state index is 0. The Balaban J connectivity index is 0.00000144. The van der Waals surface area contributed by atoms with Gasteiger partial charge in [0, 0.05) is 24.6 Å². The number of halogens is 3. The Kier molecular flexibility index (Phi) is 3.34. The van der Waals surface area contributed by atoms with Gasteiger partial charge < -0.3 is 5.73 Å². The fourth-order valence-electron chi connectivity index (χ4n) is 1.60. The summed E-state index contributed by atoms with van der Waals surface area (Å²) >= 11 is 0. The average molecular weight is 236 g/mol. The Hall–Kier alpha value is 0.0600. The number of hydrogen-bond donors (Lipinski definition) is 1. The van der Waals surface area contributed by atoms with Gasteiger partial charge in [0.05, 0.1) is 5.75 Å². The number of nitrogens with two attached hydrogens (primary N) is 1. The maximum atomic E-state index is 12.3. The first-order chi connectivity index (χ1) is 5.12. The predicted octanol–water partition coefficient (Wildman–Crippen LogP) is 0.579. The van der Waals surface area contributed by atoms with Crippen LogP contribution in [0.15, 0.2) is 0 Å². The summed E-state index contributed by atoms with van der Waals surface area (Å²) < 4.78 is 46.1. The van der Waals surface area contributed by atoms with Crippen molar-refractivity contribution in [2.45, 2.75) is 24.3 Å². The van der Waals surface area contributed by atoms with Crippen molar-refractivity contribution in [1.82, 2.24) is 0 Å². The fraction of sp³-hybridized carbons (Fsp3) is 1.00. The van der Waals surface area contributed by atoms with Crippen LogP contribution in [0.3, 0.4) is 0 Å². The second-order valence-electron chi connectivity index (χ2n) is 3.64. The molecule has 0 saturated heterocycles. The zero-order chi connectivity index (χ0) is 9.62. The summed E-state index contributed by atoms with van der Waals surface area (Å²) in [4.78, 5) is 0. The van der Waals surface area contributed by atoms with Gasteiger partial charge in [0.1, 0.15) is 9.84 Å². The monoisotopic (exact) mass is 235 g/mol. The molecule has 3 nitrogen and oxygen atoms in total. The zero-order valence-electron chi connectivity index (χ0n) is 7.09. The summed E-state index contributed by atoms with van der Waals surface area (Å²) in [5.41, 5.74) is 4.21. The van der Waals surface area contributed by atoms with E-state index in [2.05, 4.69) is 0 Å². The van der Waals surface area contributed by atoms with Crippen LogP contribution in [-0.2, 0) is 9.84 Å². The van der Waals surface area contributed by atoms with Crippen LogP contribution in [0.1, 0.15) is 12.8 Å². The maximum absolute atomic E-state index is 12.3. The molecule has 0 spiro atoms. The van der Waals surface area contributed by atoms with E-state index < -0.39 is 34.1 Å². The summed E-state index contributed by atoms with van der Waals surface area (Å²) in [5.74, 6) is -3.12. The second kappa shape index (κ2) is 3.33. The van der Waals surface area contributed by atoms with Crippen LogP contribution in [-0.4, -0.2) is 31.9 Å². The smallest absolute Gasteiger partial charge is 0.251 e. The normalized spacial score (nSPS) is 24.3. The van der Waals surface area contributed by atoms with Crippen molar-refractivity contribution in [2.75, 3.05) is 12.0 Å². The van der Waals surface area contributed by atoms with Crippen molar-refractivity contribution >= 4 is 22.2 Å². The number of rotatable bonds is 2. The van der Waals surface area contributed by atoms with Crippen LogP contribution >= 0.6 is 12.4 Å². The molecule has 13 heavy (non-hydrogen) atoms. The topological polar surface area (TPSA) is 60.2 Å². The van der Waals surface area contributed by atoms with Crippen molar-refractivity contribution in [3.05, 3.63) is 0 Å². The maximum Gasteiger partial charge on any atom is 0.251 e. The SMILES string of the molecule is CS(=O)(=O)CC1(N)CC(F)(F)C1.Cl. The van der Waals surface area contributed by atoms with E-state index in [1.54, 1.807) is 0 Å². The molecule has 0 atom stereocenters. The molecule has 0 aromatic carbocycles. The number of alkyl halides is 2. The van der Waals surface area contributed by atoms with E-state index in [1.165, 1.54) is 0 Å². The molecular weight excluding hydrogens is 224 g/mol. The molecule has 2 N–H and O–H groups in total. The lowest BCUT2D eigenvalue weighted by molar-refractivity contribution is -0.114. The van der Waals surface area contributed by atoms with Gasteiger partial charge in [0.2, 0.25) is 0 Å². The van der Waals surface area contributed by atoms with Gasteiger partial charge in [-0.1, -0.05) is 0 Å². The Morgan fingerprint density at radius 1 is 1.38 bits per heavy atom. The lowest BCUT2D eigenvalue weighted by Gasteiger charge is -2.43. The Morgan fingerprint density at radius 3 is 2.00 bits per heavy atom. The highest BCUT2D eigenvalue weighted by Gasteiger charge is 2.55. The Bertz CT molecular complexity index is 283. The lowest BCUT2D eigenvalue weighted by atomic mass is 9.76. The molecule has 0 radical (unpaired) electrons. The van der Waals surface area contributed by atoms with Gasteiger partial charge in [-0.05, 0) is 0 Å². The van der Waals surface area contributed by atoms with Gasteiger partial charge in [-0.2, -0.15) is 0 Å².